The first-order chi connectivity index (χ1) is 15.8. The summed E-state index contributed by atoms with van der Waals surface area (Å²) in [5, 5.41) is 15.2. The molecule has 0 aliphatic rings. The minimum absolute atomic E-state index is 0.118. The molecule has 0 aliphatic heterocycles. The van der Waals surface area contributed by atoms with E-state index in [0.717, 1.165) is 5.39 Å². The minimum atomic E-state index is -1.19. The number of nitrogens with one attached hydrogen (secondary N) is 2. The molecule has 33 heavy (non-hydrogen) atoms. The SMILES string of the molecule is NC(=O)NCCC[C@H](NC(=O)COc1ccc(-c2cc3ccccc3c(=O)o2)cc1)C(=O)O. The number of primary amides is 1. The smallest absolute Gasteiger partial charge is 0.344 e. The molecule has 3 rings (SSSR count). The van der Waals surface area contributed by atoms with Crippen LogP contribution in [0.25, 0.3) is 22.1 Å². The zero-order valence-corrected chi connectivity index (χ0v) is 17.6. The van der Waals surface area contributed by atoms with Crippen LogP contribution in [0.5, 0.6) is 5.75 Å². The van der Waals surface area contributed by atoms with Crippen molar-refractivity contribution in [3.05, 3.63) is 65.0 Å². The molecular formula is C23H23N3O7. The van der Waals surface area contributed by atoms with Gasteiger partial charge in [0.1, 0.15) is 17.6 Å². The first-order valence-electron chi connectivity index (χ1n) is 10.1. The molecule has 1 heterocycles. The average molecular weight is 453 g/mol. The predicted molar refractivity (Wildman–Crippen MR) is 120 cm³/mol. The molecule has 0 saturated heterocycles. The number of benzene rings is 2. The van der Waals surface area contributed by atoms with Crippen molar-refractivity contribution >= 4 is 28.7 Å². The zero-order valence-electron chi connectivity index (χ0n) is 17.6. The van der Waals surface area contributed by atoms with E-state index in [9.17, 15) is 24.3 Å². The molecule has 172 valence electrons. The lowest BCUT2D eigenvalue weighted by Gasteiger charge is -2.15. The van der Waals surface area contributed by atoms with Crippen LogP contribution in [-0.2, 0) is 9.59 Å². The van der Waals surface area contributed by atoms with Gasteiger partial charge in [0.25, 0.3) is 5.91 Å². The van der Waals surface area contributed by atoms with Crippen molar-refractivity contribution in [2.75, 3.05) is 13.2 Å². The van der Waals surface area contributed by atoms with Gasteiger partial charge in [0.05, 0.1) is 5.39 Å². The van der Waals surface area contributed by atoms with Crippen molar-refractivity contribution in [2.24, 2.45) is 5.73 Å². The fourth-order valence-electron chi connectivity index (χ4n) is 3.15. The summed E-state index contributed by atoms with van der Waals surface area (Å²) in [7, 11) is 0. The molecule has 5 N–H and O–H groups in total. The monoisotopic (exact) mass is 453 g/mol. The highest BCUT2D eigenvalue weighted by atomic mass is 16.5. The number of carboxylic acids is 1. The molecule has 0 saturated carbocycles. The molecule has 1 aromatic heterocycles. The molecular weight excluding hydrogens is 430 g/mol. The molecule has 0 aliphatic carbocycles. The van der Waals surface area contributed by atoms with Crippen molar-refractivity contribution < 1.29 is 28.6 Å². The van der Waals surface area contributed by atoms with Crippen molar-refractivity contribution in [1.29, 1.82) is 0 Å². The van der Waals surface area contributed by atoms with Crippen LogP contribution in [0.15, 0.2) is 63.8 Å². The third-order valence-corrected chi connectivity index (χ3v) is 4.78. The molecule has 3 amide bonds. The van der Waals surface area contributed by atoms with Gasteiger partial charge in [-0.2, -0.15) is 0 Å². The summed E-state index contributed by atoms with van der Waals surface area (Å²) in [6.45, 7) is -0.178. The number of carbonyl (C=O) groups excluding carboxylic acids is 2. The number of carboxylic acid groups (broad SMARTS) is 1. The number of amides is 3. The minimum Gasteiger partial charge on any atom is -0.484 e. The van der Waals surface area contributed by atoms with E-state index in [4.69, 9.17) is 14.9 Å². The quantitative estimate of drug-likeness (QED) is 0.341. The third-order valence-electron chi connectivity index (χ3n) is 4.78. The Morgan fingerprint density at radius 3 is 2.52 bits per heavy atom. The fraction of sp³-hybridized carbons (Fsp3) is 0.217. The number of fused-ring (bicyclic) bond motifs is 1. The summed E-state index contributed by atoms with van der Waals surface area (Å²) in [5.74, 6) is -1.01. The first-order valence-corrected chi connectivity index (χ1v) is 10.1. The summed E-state index contributed by atoms with van der Waals surface area (Å²) >= 11 is 0. The van der Waals surface area contributed by atoms with E-state index in [-0.39, 0.29) is 19.6 Å². The van der Waals surface area contributed by atoms with Gasteiger partial charge in [0, 0.05) is 12.1 Å². The van der Waals surface area contributed by atoms with Crippen LogP contribution in [0.3, 0.4) is 0 Å². The Balaban J connectivity index is 1.55. The van der Waals surface area contributed by atoms with Crippen molar-refractivity contribution in [3.63, 3.8) is 0 Å². The van der Waals surface area contributed by atoms with Crippen LogP contribution >= 0.6 is 0 Å². The second-order valence-corrected chi connectivity index (χ2v) is 7.19. The Morgan fingerprint density at radius 1 is 1.09 bits per heavy atom. The van der Waals surface area contributed by atoms with Gasteiger partial charge in [-0.05, 0) is 54.6 Å². The summed E-state index contributed by atoms with van der Waals surface area (Å²) in [4.78, 5) is 46.2. The molecule has 0 fully saturated rings. The van der Waals surface area contributed by atoms with Crippen LogP contribution in [0, 0.1) is 0 Å². The van der Waals surface area contributed by atoms with E-state index in [1.807, 2.05) is 12.1 Å². The normalized spacial score (nSPS) is 11.5. The Bertz CT molecular complexity index is 1200. The molecule has 3 aromatic rings. The van der Waals surface area contributed by atoms with Gasteiger partial charge in [-0.15, -0.1) is 0 Å². The van der Waals surface area contributed by atoms with Gasteiger partial charge in [-0.3, -0.25) is 4.79 Å². The summed E-state index contributed by atoms with van der Waals surface area (Å²) in [6.07, 6.45) is 0.445. The molecule has 10 nitrogen and oxygen atoms in total. The van der Waals surface area contributed by atoms with E-state index in [1.165, 1.54) is 0 Å². The highest BCUT2D eigenvalue weighted by Gasteiger charge is 2.19. The number of hydrogen-bond acceptors (Lipinski definition) is 6. The molecule has 0 unspecified atom stereocenters. The van der Waals surface area contributed by atoms with E-state index in [1.54, 1.807) is 42.5 Å². The highest BCUT2D eigenvalue weighted by molar-refractivity contribution is 5.85. The second-order valence-electron chi connectivity index (χ2n) is 7.19. The lowest BCUT2D eigenvalue weighted by Crippen LogP contribution is -2.43. The van der Waals surface area contributed by atoms with E-state index < -0.39 is 29.6 Å². The fourth-order valence-corrected chi connectivity index (χ4v) is 3.15. The van der Waals surface area contributed by atoms with Crippen LogP contribution in [-0.4, -0.2) is 42.2 Å². The molecule has 2 aromatic carbocycles. The molecule has 10 heteroatoms. The number of carbonyl (C=O) groups is 3. The number of nitrogens with two attached hydrogens (primary N) is 1. The van der Waals surface area contributed by atoms with Gasteiger partial charge >= 0.3 is 17.6 Å². The van der Waals surface area contributed by atoms with Crippen LogP contribution in [0.2, 0.25) is 0 Å². The lowest BCUT2D eigenvalue weighted by atomic mass is 10.1. The topological polar surface area (TPSA) is 161 Å². The molecule has 0 spiro atoms. The van der Waals surface area contributed by atoms with E-state index in [0.29, 0.717) is 28.9 Å². The summed E-state index contributed by atoms with van der Waals surface area (Å²) in [6, 6.07) is 13.7. The molecule has 0 bridgehead atoms. The molecule has 1 atom stereocenters. The van der Waals surface area contributed by atoms with Gasteiger partial charge in [0.15, 0.2) is 6.61 Å². The average Bonchev–Trinajstić information content (AvgIpc) is 2.79. The maximum atomic E-state index is 12.2. The van der Waals surface area contributed by atoms with Crippen molar-refractivity contribution in [3.8, 4) is 17.1 Å². The van der Waals surface area contributed by atoms with E-state index >= 15 is 0 Å². The highest BCUT2D eigenvalue weighted by Crippen LogP contribution is 2.24. The van der Waals surface area contributed by atoms with Gasteiger partial charge in [-0.25, -0.2) is 14.4 Å². The maximum Gasteiger partial charge on any atom is 0.344 e. The number of aliphatic carboxylic acids is 1. The second kappa shape index (κ2) is 10.8. The molecule has 0 radical (unpaired) electrons. The Hall–Kier alpha value is -4.34. The van der Waals surface area contributed by atoms with E-state index in [2.05, 4.69) is 10.6 Å². The number of rotatable bonds is 10. The van der Waals surface area contributed by atoms with Gasteiger partial charge in [-0.1, -0.05) is 18.2 Å². The van der Waals surface area contributed by atoms with Crippen molar-refractivity contribution in [2.45, 2.75) is 18.9 Å². The Morgan fingerprint density at radius 2 is 1.82 bits per heavy atom. The van der Waals surface area contributed by atoms with Crippen LogP contribution in [0.1, 0.15) is 12.8 Å². The standard InChI is InChI=1S/C23H23N3O7/c24-23(31)25-11-3-6-18(21(28)29)26-20(27)13-32-16-9-7-14(8-10-16)19-12-15-4-1-2-5-17(15)22(30)33-19/h1-2,4-5,7-10,12,18H,3,6,11,13H2,(H,26,27)(H,28,29)(H3,24,25,31)/t18-/m0/s1. The van der Waals surface area contributed by atoms with Gasteiger partial charge < -0.3 is 30.6 Å². The lowest BCUT2D eigenvalue weighted by molar-refractivity contribution is -0.142. The number of ether oxygens (including phenoxy) is 1. The summed E-state index contributed by atoms with van der Waals surface area (Å²) < 4.78 is 10.8. The summed E-state index contributed by atoms with van der Waals surface area (Å²) in [5.41, 5.74) is 5.17. The Kier molecular flexibility index (Phi) is 7.64. The first kappa shape index (κ1) is 23.3. The predicted octanol–water partition coefficient (Wildman–Crippen LogP) is 1.86. The largest absolute Gasteiger partial charge is 0.484 e. The van der Waals surface area contributed by atoms with Crippen LogP contribution < -0.4 is 26.7 Å². The van der Waals surface area contributed by atoms with Gasteiger partial charge in [0.2, 0.25) is 0 Å². The number of hydrogen-bond donors (Lipinski definition) is 4. The number of urea groups is 1. The van der Waals surface area contributed by atoms with Crippen molar-refractivity contribution in [1.82, 2.24) is 10.6 Å². The zero-order chi connectivity index (χ0) is 23.8. The Labute approximate surface area is 188 Å². The van der Waals surface area contributed by atoms with Crippen LogP contribution in [0.4, 0.5) is 4.79 Å². The maximum absolute atomic E-state index is 12.2. The third kappa shape index (κ3) is 6.57.